The lowest BCUT2D eigenvalue weighted by Gasteiger charge is -2.22. The van der Waals surface area contributed by atoms with Gasteiger partial charge in [0.1, 0.15) is 0 Å². The molecule has 0 bridgehead atoms. The zero-order valence-corrected chi connectivity index (χ0v) is 14.2. The highest BCUT2D eigenvalue weighted by atomic mass is 16.1. The van der Waals surface area contributed by atoms with Gasteiger partial charge >= 0.3 is 0 Å². The Morgan fingerprint density at radius 2 is 1.82 bits per heavy atom. The van der Waals surface area contributed by atoms with Crippen LogP contribution in [0.5, 0.6) is 0 Å². The van der Waals surface area contributed by atoms with Gasteiger partial charge in [-0.1, -0.05) is 24.6 Å². The Hall–Kier alpha value is -1.87. The maximum absolute atomic E-state index is 12.9. The number of rotatable bonds is 4. The summed E-state index contributed by atoms with van der Waals surface area (Å²) < 4.78 is 1.87. The Morgan fingerprint density at radius 1 is 1.14 bits per heavy atom. The topological polar surface area (TPSA) is 48.0 Å². The molecule has 2 N–H and O–H groups in total. The molecule has 0 saturated carbocycles. The van der Waals surface area contributed by atoms with Gasteiger partial charge in [0.15, 0.2) is 0 Å². The van der Waals surface area contributed by atoms with Gasteiger partial charge in [0.05, 0.1) is 5.69 Å². The fourth-order valence-electron chi connectivity index (χ4n) is 2.76. The Bertz CT molecular complexity index is 736. The molecule has 0 atom stereocenters. The first-order chi connectivity index (χ1) is 10.3. The lowest BCUT2D eigenvalue weighted by Crippen LogP contribution is -2.38. The standard InChI is InChI=1S/C19H26N2O/c1-6-11-21-17(15-12-13(2)7-8-14(15)3)10-9-16(18(21)22)19(4,5)20/h7-10,12H,6,11,20H2,1-5H3. The van der Waals surface area contributed by atoms with Gasteiger partial charge in [-0.2, -0.15) is 0 Å². The van der Waals surface area contributed by atoms with E-state index in [0.29, 0.717) is 12.1 Å². The van der Waals surface area contributed by atoms with Gasteiger partial charge in [0.2, 0.25) is 0 Å². The van der Waals surface area contributed by atoms with Gasteiger partial charge in [-0.15, -0.1) is 0 Å². The van der Waals surface area contributed by atoms with E-state index < -0.39 is 5.54 Å². The Labute approximate surface area is 132 Å². The van der Waals surface area contributed by atoms with Crippen LogP contribution in [0.2, 0.25) is 0 Å². The van der Waals surface area contributed by atoms with E-state index in [0.717, 1.165) is 17.7 Å². The van der Waals surface area contributed by atoms with Crippen molar-refractivity contribution in [1.29, 1.82) is 0 Å². The van der Waals surface area contributed by atoms with E-state index >= 15 is 0 Å². The maximum Gasteiger partial charge on any atom is 0.256 e. The zero-order chi connectivity index (χ0) is 16.5. The van der Waals surface area contributed by atoms with Crippen LogP contribution in [0.4, 0.5) is 0 Å². The monoisotopic (exact) mass is 298 g/mol. The van der Waals surface area contributed by atoms with E-state index in [9.17, 15) is 4.79 Å². The van der Waals surface area contributed by atoms with Crippen molar-refractivity contribution in [2.75, 3.05) is 0 Å². The van der Waals surface area contributed by atoms with Crippen LogP contribution in [-0.4, -0.2) is 4.57 Å². The fourth-order valence-corrected chi connectivity index (χ4v) is 2.76. The minimum atomic E-state index is -0.632. The molecule has 0 aliphatic rings. The van der Waals surface area contributed by atoms with E-state index in [2.05, 4.69) is 39.0 Å². The molecule has 3 nitrogen and oxygen atoms in total. The average molecular weight is 298 g/mol. The summed E-state index contributed by atoms with van der Waals surface area (Å²) in [5.41, 5.74) is 10.7. The predicted molar refractivity (Wildman–Crippen MR) is 93.1 cm³/mol. The summed E-state index contributed by atoms with van der Waals surface area (Å²) in [4.78, 5) is 12.9. The first-order valence-electron chi connectivity index (χ1n) is 7.86. The summed E-state index contributed by atoms with van der Waals surface area (Å²) >= 11 is 0. The third-order valence-electron chi connectivity index (χ3n) is 3.98. The van der Waals surface area contributed by atoms with Crippen molar-refractivity contribution in [3.05, 3.63) is 57.4 Å². The summed E-state index contributed by atoms with van der Waals surface area (Å²) in [5, 5.41) is 0. The molecule has 0 aliphatic carbocycles. The molecule has 2 rings (SSSR count). The highest BCUT2D eigenvalue weighted by Crippen LogP contribution is 2.25. The highest BCUT2D eigenvalue weighted by Gasteiger charge is 2.21. The van der Waals surface area contributed by atoms with Crippen molar-refractivity contribution in [2.24, 2.45) is 5.73 Å². The largest absolute Gasteiger partial charge is 0.322 e. The zero-order valence-electron chi connectivity index (χ0n) is 14.2. The van der Waals surface area contributed by atoms with Crippen LogP contribution < -0.4 is 11.3 Å². The van der Waals surface area contributed by atoms with Crippen molar-refractivity contribution < 1.29 is 0 Å². The van der Waals surface area contributed by atoms with Crippen LogP contribution in [0, 0.1) is 13.8 Å². The maximum atomic E-state index is 12.9. The van der Waals surface area contributed by atoms with Crippen molar-refractivity contribution in [2.45, 2.75) is 53.1 Å². The molecule has 0 aliphatic heterocycles. The average Bonchev–Trinajstić information content (AvgIpc) is 2.42. The van der Waals surface area contributed by atoms with Crippen molar-refractivity contribution >= 4 is 0 Å². The van der Waals surface area contributed by atoms with Gasteiger partial charge in [0.25, 0.3) is 5.56 Å². The minimum Gasteiger partial charge on any atom is -0.322 e. The van der Waals surface area contributed by atoms with E-state index in [1.54, 1.807) is 0 Å². The Balaban J connectivity index is 2.74. The molecule has 1 heterocycles. The minimum absolute atomic E-state index is 0.0211. The third-order valence-corrected chi connectivity index (χ3v) is 3.98. The molecule has 1 aromatic heterocycles. The van der Waals surface area contributed by atoms with Gasteiger partial charge in [-0.05, 0) is 57.9 Å². The quantitative estimate of drug-likeness (QED) is 0.934. The van der Waals surface area contributed by atoms with Gasteiger partial charge in [0, 0.05) is 23.2 Å². The molecule has 0 unspecified atom stereocenters. The highest BCUT2D eigenvalue weighted by molar-refractivity contribution is 5.65. The van der Waals surface area contributed by atoms with Crippen LogP contribution in [0.15, 0.2) is 35.1 Å². The smallest absolute Gasteiger partial charge is 0.256 e. The predicted octanol–water partition coefficient (Wildman–Crippen LogP) is 3.74. The van der Waals surface area contributed by atoms with Crippen molar-refractivity contribution in [1.82, 2.24) is 4.57 Å². The van der Waals surface area contributed by atoms with Gasteiger partial charge < -0.3 is 10.3 Å². The number of nitrogens with zero attached hydrogens (tertiary/aromatic N) is 1. The molecule has 22 heavy (non-hydrogen) atoms. The van der Waals surface area contributed by atoms with Crippen LogP contribution in [0.3, 0.4) is 0 Å². The van der Waals surface area contributed by atoms with E-state index in [1.807, 2.05) is 30.5 Å². The van der Waals surface area contributed by atoms with Gasteiger partial charge in [-0.25, -0.2) is 0 Å². The first kappa shape index (κ1) is 16.5. The fraction of sp³-hybridized carbons (Fsp3) is 0.421. The summed E-state index contributed by atoms with van der Waals surface area (Å²) in [6.45, 7) is 10.7. The molecule has 2 aromatic rings. The van der Waals surface area contributed by atoms with Crippen LogP contribution in [0.25, 0.3) is 11.3 Å². The Kier molecular flexibility index (Phi) is 4.57. The molecule has 3 heteroatoms. The van der Waals surface area contributed by atoms with Crippen LogP contribution in [-0.2, 0) is 12.1 Å². The molecular weight excluding hydrogens is 272 g/mol. The lowest BCUT2D eigenvalue weighted by molar-refractivity contribution is 0.532. The number of aryl methyl sites for hydroxylation is 2. The van der Waals surface area contributed by atoms with Crippen molar-refractivity contribution in [3.63, 3.8) is 0 Å². The summed E-state index contributed by atoms with van der Waals surface area (Å²) in [7, 11) is 0. The van der Waals surface area contributed by atoms with Crippen LogP contribution in [0.1, 0.15) is 43.9 Å². The summed E-state index contributed by atoms with van der Waals surface area (Å²) in [6, 6.07) is 10.3. The molecular formula is C19H26N2O. The van der Waals surface area contributed by atoms with Gasteiger partial charge in [-0.3, -0.25) is 4.79 Å². The second-order valence-corrected chi connectivity index (χ2v) is 6.63. The molecule has 118 valence electrons. The number of hydrogen-bond donors (Lipinski definition) is 1. The normalized spacial score (nSPS) is 11.7. The summed E-state index contributed by atoms with van der Waals surface area (Å²) in [5.74, 6) is 0. The number of aromatic nitrogens is 1. The Morgan fingerprint density at radius 3 is 2.41 bits per heavy atom. The molecule has 0 saturated heterocycles. The van der Waals surface area contributed by atoms with E-state index in [1.165, 1.54) is 11.1 Å². The first-order valence-corrected chi connectivity index (χ1v) is 7.86. The number of pyridine rings is 1. The number of nitrogens with two attached hydrogens (primary N) is 1. The molecule has 0 fully saturated rings. The van der Waals surface area contributed by atoms with E-state index in [-0.39, 0.29) is 5.56 Å². The lowest BCUT2D eigenvalue weighted by atomic mass is 9.95. The second kappa shape index (κ2) is 6.09. The number of benzene rings is 1. The number of hydrogen-bond acceptors (Lipinski definition) is 2. The summed E-state index contributed by atoms with van der Waals surface area (Å²) in [6.07, 6.45) is 0.909. The SMILES string of the molecule is CCCn1c(-c2cc(C)ccc2C)ccc(C(C)(C)N)c1=O. The molecule has 0 spiro atoms. The molecule has 1 aromatic carbocycles. The third kappa shape index (κ3) is 3.14. The van der Waals surface area contributed by atoms with E-state index in [4.69, 9.17) is 5.73 Å². The van der Waals surface area contributed by atoms with Crippen molar-refractivity contribution in [3.8, 4) is 11.3 Å². The second-order valence-electron chi connectivity index (χ2n) is 6.63. The molecule has 0 amide bonds. The van der Waals surface area contributed by atoms with Crippen LogP contribution >= 0.6 is 0 Å². The molecule has 0 radical (unpaired) electrons.